The zero-order valence-corrected chi connectivity index (χ0v) is 19.2. The normalized spacial score (nSPS) is 14.5. The molecule has 1 aliphatic rings. The molecule has 1 fully saturated rings. The minimum atomic E-state index is -3.67. The first-order chi connectivity index (χ1) is 16.0. The fourth-order valence-electron chi connectivity index (χ4n) is 3.71. The number of benzene rings is 3. The summed E-state index contributed by atoms with van der Waals surface area (Å²) in [6.07, 6.45) is 2.71. The molecule has 1 saturated heterocycles. The summed E-state index contributed by atoms with van der Waals surface area (Å²) in [6, 6.07) is 20.7. The Morgan fingerprint density at radius 2 is 1.55 bits per heavy atom. The average molecular weight is 467 g/mol. The summed E-state index contributed by atoms with van der Waals surface area (Å²) >= 11 is 0. The number of nitrogens with one attached hydrogen (secondary N) is 1. The van der Waals surface area contributed by atoms with Crippen LogP contribution in [-0.4, -0.2) is 38.8 Å². The van der Waals surface area contributed by atoms with Crippen LogP contribution < -0.4 is 14.8 Å². The lowest BCUT2D eigenvalue weighted by atomic mass is 10.2. The van der Waals surface area contributed by atoms with Crippen molar-refractivity contribution in [1.29, 1.82) is 0 Å². The second-order valence-electron chi connectivity index (χ2n) is 7.72. The largest absolute Gasteiger partial charge is 0.496 e. The van der Waals surface area contributed by atoms with Crippen molar-refractivity contribution < 1.29 is 22.7 Å². The Bertz CT molecular complexity index is 1210. The number of ether oxygens (including phenoxy) is 2. The molecule has 0 atom stereocenters. The van der Waals surface area contributed by atoms with Crippen molar-refractivity contribution in [3.8, 4) is 17.2 Å². The van der Waals surface area contributed by atoms with E-state index in [-0.39, 0.29) is 10.5 Å². The van der Waals surface area contributed by atoms with E-state index in [1.165, 1.54) is 29.6 Å². The number of hydrogen-bond acceptors (Lipinski definition) is 5. The lowest BCUT2D eigenvalue weighted by Crippen LogP contribution is -2.35. The van der Waals surface area contributed by atoms with Gasteiger partial charge in [0.05, 0.1) is 17.6 Å². The summed E-state index contributed by atoms with van der Waals surface area (Å²) in [5.41, 5.74) is 0.701. The van der Waals surface area contributed by atoms with Gasteiger partial charge in [-0.05, 0) is 67.4 Å². The Morgan fingerprint density at radius 3 is 2.21 bits per heavy atom. The number of carbonyl (C=O) groups is 1. The number of sulfonamides is 1. The third-order valence-electron chi connectivity index (χ3n) is 5.46. The summed E-state index contributed by atoms with van der Waals surface area (Å²) in [6.45, 7) is 0.987. The fourth-order valence-corrected chi connectivity index (χ4v) is 5.25. The van der Waals surface area contributed by atoms with Crippen LogP contribution in [0, 0.1) is 0 Å². The van der Waals surface area contributed by atoms with Crippen LogP contribution in [0.2, 0.25) is 0 Å². The lowest BCUT2D eigenvalue weighted by Gasteiger charge is -2.26. The maximum Gasteiger partial charge on any atom is 0.259 e. The third-order valence-corrected chi connectivity index (χ3v) is 7.35. The molecule has 1 heterocycles. The summed E-state index contributed by atoms with van der Waals surface area (Å²) in [5, 5.41) is 2.80. The van der Waals surface area contributed by atoms with Gasteiger partial charge in [-0.25, -0.2) is 8.42 Å². The standard InChI is InChI=1S/C25H26N2O5S/c1-31-24-15-14-22(33(29,30)27-16-6-3-7-17-27)18-23(24)25(28)26-19-10-12-21(13-11-19)32-20-8-4-2-5-9-20/h2,4-5,8-15,18H,3,6-7,16-17H2,1H3,(H,26,28). The Hall–Kier alpha value is -3.36. The van der Waals surface area contributed by atoms with E-state index >= 15 is 0 Å². The van der Waals surface area contributed by atoms with E-state index < -0.39 is 15.9 Å². The van der Waals surface area contributed by atoms with Crippen molar-refractivity contribution >= 4 is 21.6 Å². The second kappa shape index (κ2) is 10.1. The maximum absolute atomic E-state index is 13.0. The summed E-state index contributed by atoms with van der Waals surface area (Å²) in [5.74, 6) is 1.19. The van der Waals surface area contributed by atoms with Gasteiger partial charge in [-0.3, -0.25) is 4.79 Å². The van der Waals surface area contributed by atoms with E-state index in [4.69, 9.17) is 9.47 Å². The van der Waals surface area contributed by atoms with Crippen LogP contribution in [0.25, 0.3) is 0 Å². The number of anilines is 1. The van der Waals surface area contributed by atoms with Gasteiger partial charge in [0.1, 0.15) is 17.2 Å². The molecule has 4 rings (SSSR count). The number of nitrogens with zero attached hydrogens (tertiary/aromatic N) is 1. The Kier molecular flexibility index (Phi) is 6.96. The molecule has 0 saturated carbocycles. The molecule has 3 aromatic rings. The molecule has 1 amide bonds. The molecule has 7 nitrogen and oxygen atoms in total. The molecule has 33 heavy (non-hydrogen) atoms. The van der Waals surface area contributed by atoms with E-state index in [2.05, 4.69) is 5.32 Å². The first-order valence-corrected chi connectivity index (χ1v) is 12.2. The molecule has 8 heteroatoms. The predicted molar refractivity (Wildman–Crippen MR) is 127 cm³/mol. The number of hydrogen-bond donors (Lipinski definition) is 1. The van der Waals surface area contributed by atoms with Crippen LogP contribution in [0.4, 0.5) is 5.69 Å². The Labute approximate surface area is 194 Å². The smallest absolute Gasteiger partial charge is 0.259 e. The van der Waals surface area contributed by atoms with Crippen molar-refractivity contribution in [1.82, 2.24) is 4.31 Å². The molecular weight excluding hydrogens is 440 g/mol. The molecule has 0 spiro atoms. The minimum Gasteiger partial charge on any atom is -0.496 e. The average Bonchev–Trinajstić information content (AvgIpc) is 2.86. The number of methoxy groups -OCH3 is 1. The van der Waals surface area contributed by atoms with Crippen LogP contribution in [0.3, 0.4) is 0 Å². The number of carbonyl (C=O) groups excluding carboxylic acids is 1. The van der Waals surface area contributed by atoms with Crippen molar-refractivity contribution in [2.24, 2.45) is 0 Å². The highest BCUT2D eigenvalue weighted by Crippen LogP contribution is 2.28. The molecule has 1 N–H and O–H groups in total. The number of rotatable bonds is 7. The monoisotopic (exact) mass is 466 g/mol. The summed E-state index contributed by atoms with van der Waals surface area (Å²) < 4.78 is 38.7. The van der Waals surface area contributed by atoms with Gasteiger partial charge in [0.2, 0.25) is 10.0 Å². The topological polar surface area (TPSA) is 84.9 Å². The van der Waals surface area contributed by atoms with Crippen molar-refractivity contribution in [2.45, 2.75) is 24.2 Å². The molecule has 3 aromatic carbocycles. The zero-order valence-electron chi connectivity index (χ0n) is 18.4. The van der Waals surface area contributed by atoms with E-state index in [9.17, 15) is 13.2 Å². The fraction of sp³-hybridized carbons (Fsp3) is 0.240. The van der Waals surface area contributed by atoms with Gasteiger partial charge in [0.15, 0.2) is 0 Å². The van der Waals surface area contributed by atoms with E-state index in [1.807, 2.05) is 30.3 Å². The maximum atomic E-state index is 13.0. The number of amides is 1. The van der Waals surface area contributed by atoms with Crippen LogP contribution >= 0.6 is 0 Å². The van der Waals surface area contributed by atoms with Crippen LogP contribution in [-0.2, 0) is 10.0 Å². The lowest BCUT2D eigenvalue weighted by molar-refractivity contribution is 0.102. The van der Waals surface area contributed by atoms with E-state index in [1.54, 1.807) is 24.3 Å². The van der Waals surface area contributed by atoms with Crippen LogP contribution in [0.5, 0.6) is 17.2 Å². The predicted octanol–water partition coefficient (Wildman–Crippen LogP) is 4.91. The molecule has 0 aromatic heterocycles. The Morgan fingerprint density at radius 1 is 0.879 bits per heavy atom. The van der Waals surface area contributed by atoms with Crippen LogP contribution in [0.1, 0.15) is 29.6 Å². The number of piperidine rings is 1. The highest BCUT2D eigenvalue weighted by atomic mass is 32.2. The highest BCUT2D eigenvalue weighted by Gasteiger charge is 2.27. The first-order valence-electron chi connectivity index (χ1n) is 10.8. The van der Waals surface area contributed by atoms with Crippen molar-refractivity contribution in [2.75, 3.05) is 25.5 Å². The summed E-state index contributed by atoms with van der Waals surface area (Å²) in [7, 11) is -2.22. The molecular formula is C25H26N2O5S. The van der Waals surface area contributed by atoms with E-state index in [0.29, 0.717) is 36.0 Å². The minimum absolute atomic E-state index is 0.0851. The molecule has 0 radical (unpaired) electrons. The molecule has 0 bridgehead atoms. The van der Waals surface area contributed by atoms with Gasteiger partial charge < -0.3 is 14.8 Å². The molecule has 0 unspecified atom stereocenters. The van der Waals surface area contributed by atoms with Gasteiger partial charge in [0.25, 0.3) is 5.91 Å². The van der Waals surface area contributed by atoms with Gasteiger partial charge >= 0.3 is 0 Å². The third kappa shape index (κ3) is 5.35. The van der Waals surface area contributed by atoms with E-state index in [0.717, 1.165) is 19.3 Å². The second-order valence-corrected chi connectivity index (χ2v) is 9.66. The van der Waals surface area contributed by atoms with Gasteiger partial charge in [-0.15, -0.1) is 0 Å². The van der Waals surface area contributed by atoms with Crippen LogP contribution in [0.15, 0.2) is 77.7 Å². The van der Waals surface area contributed by atoms with Gasteiger partial charge in [0, 0.05) is 18.8 Å². The first kappa shape index (κ1) is 22.8. The quantitative estimate of drug-likeness (QED) is 0.535. The van der Waals surface area contributed by atoms with Crippen molar-refractivity contribution in [3.05, 3.63) is 78.4 Å². The highest BCUT2D eigenvalue weighted by molar-refractivity contribution is 7.89. The summed E-state index contributed by atoms with van der Waals surface area (Å²) in [4.78, 5) is 13.1. The van der Waals surface area contributed by atoms with Gasteiger partial charge in [-0.1, -0.05) is 24.6 Å². The molecule has 1 aliphatic heterocycles. The zero-order chi connectivity index (χ0) is 23.3. The Balaban J connectivity index is 1.52. The number of para-hydroxylation sites is 1. The molecule has 172 valence electrons. The van der Waals surface area contributed by atoms with Gasteiger partial charge in [-0.2, -0.15) is 4.31 Å². The van der Waals surface area contributed by atoms with Crippen molar-refractivity contribution in [3.63, 3.8) is 0 Å². The SMILES string of the molecule is COc1ccc(S(=O)(=O)N2CCCCC2)cc1C(=O)Nc1ccc(Oc2ccccc2)cc1. The molecule has 0 aliphatic carbocycles.